The van der Waals surface area contributed by atoms with Crippen molar-refractivity contribution in [2.75, 3.05) is 58.4 Å². The highest BCUT2D eigenvalue weighted by Gasteiger charge is 2.19. The van der Waals surface area contributed by atoms with Crippen LogP contribution in [0.25, 0.3) is 0 Å². The third-order valence-corrected chi connectivity index (χ3v) is 6.42. The zero-order chi connectivity index (χ0) is 19.1. The maximum atomic E-state index is 10.3. The molecule has 1 N–H and O–H groups in total. The predicted molar refractivity (Wildman–Crippen MR) is 112 cm³/mol. The van der Waals surface area contributed by atoms with Gasteiger partial charge in [0.25, 0.3) is 0 Å². The summed E-state index contributed by atoms with van der Waals surface area (Å²) >= 11 is 1.98. The fourth-order valence-electron chi connectivity index (χ4n) is 3.74. The standard InChI is InChI=1S/C21H34N2O3S/c1-22(13-17-4-3-5-17)14-18-6-7-20(21(12-18)25-2)26-16-19(24)15-23-8-10-27-11-9-23/h6-7,12,17,19,24H,3-5,8-11,13-16H2,1-2H3. The monoisotopic (exact) mass is 394 g/mol. The Morgan fingerprint density at radius 3 is 2.70 bits per heavy atom. The van der Waals surface area contributed by atoms with E-state index >= 15 is 0 Å². The summed E-state index contributed by atoms with van der Waals surface area (Å²) in [6.45, 7) is 5.15. The number of hydrogen-bond donors (Lipinski definition) is 1. The van der Waals surface area contributed by atoms with Crippen molar-refractivity contribution >= 4 is 11.8 Å². The first kappa shape index (κ1) is 20.8. The van der Waals surface area contributed by atoms with Crippen LogP contribution in [0.15, 0.2) is 18.2 Å². The van der Waals surface area contributed by atoms with E-state index < -0.39 is 6.10 Å². The molecule has 152 valence electrons. The molecule has 1 saturated heterocycles. The van der Waals surface area contributed by atoms with Gasteiger partial charge in [0.05, 0.1) is 7.11 Å². The largest absolute Gasteiger partial charge is 0.493 e. The average molecular weight is 395 g/mol. The lowest BCUT2D eigenvalue weighted by molar-refractivity contribution is 0.0704. The first-order chi connectivity index (χ1) is 13.1. The number of aliphatic hydroxyl groups is 1. The van der Waals surface area contributed by atoms with Crippen LogP contribution in [0.4, 0.5) is 0 Å². The molecule has 27 heavy (non-hydrogen) atoms. The normalized spacial score (nSPS) is 19.7. The summed E-state index contributed by atoms with van der Waals surface area (Å²) in [6.07, 6.45) is 3.66. The molecular formula is C21H34N2O3S. The van der Waals surface area contributed by atoms with Gasteiger partial charge in [0.1, 0.15) is 12.7 Å². The van der Waals surface area contributed by atoms with Gasteiger partial charge in [-0.05, 0) is 43.5 Å². The SMILES string of the molecule is COc1cc(CN(C)CC2CCC2)ccc1OCC(O)CN1CCSCC1. The van der Waals surface area contributed by atoms with E-state index in [4.69, 9.17) is 9.47 Å². The molecule has 0 amide bonds. The first-order valence-corrected chi connectivity index (χ1v) is 11.3. The fraction of sp³-hybridized carbons (Fsp3) is 0.714. The number of benzene rings is 1. The number of methoxy groups -OCH3 is 1. The number of aliphatic hydroxyl groups excluding tert-OH is 1. The zero-order valence-electron chi connectivity index (χ0n) is 16.7. The van der Waals surface area contributed by atoms with E-state index in [-0.39, 0.29) is 0 Å². The van der Waals surface area contributed by atoms with Crippen molar-refractivity contribution in [1.82, 2.24) is 9.80 Å². The van der Waals surface area contributed by atoms with Crippen LogP contribution in [0.2, 0.25) is 0 Å². The van der Waals surface area contributed by atoms with Crippen LogP contribution < -0.4 is 9.47 Å². The molecule has 2 aliphatic rings. The van der Waals surface area contributed by atoms with Gasteiger partial charge >= 0.3 is 0 Å². The molecule has 3 rings (SSSR count). The van der Waals surface area contributed by atoms with Crippen molar-refractivity contribution in [3.63, 3.8) is 0 Å². The van der Waals surface area contributed by atoms with Crippen LogP contribution in [0.5, 0.6) is 11.5 Å². The van der Waals surface area contributed by atoms with E-state index in [1.165, 1.54) is 31.4 Å². The van der Waals surface area contributed by atoms with Crippen molar-refractivity contribution < 1.29 is 14.6 Å². The molecule has 0 aromatic heterocycles. The van der Waals surface area contributed by atoms with Crippen molar-refractivity contribution in [2.24, 2.45) is 5.92 Å². The van der Waals surface area contributed by atoms with Crippen LogP contribution in [0.3, 0.4) is 0 Å². The van der Waals surface area contributed by atoms with Crippen molar-refractivity contribution in [1.29, 1.82) is 0 Å². The summed E-state index contributed by atoms with van der Waals surface area (Å²) < 4.78 is 11.4. The van der Waals surface area contributed by atoms with Gasteiger partial charge in [-0.2, -0.15) is 11.8 Å². The molecule has 0 spiro atoms. The second-order valence-electron chi connectivity index (χ2n) is 7.86. The number of nitrogens with zero attached hydrogens (tertiary/aromatic N) is 2. The van der Waals surface area contributed by atoms with Crippen molar-refractivity contribution in [3.8, 4) is 11.5 Å². The van der Waals surface area contributed by atoms with Crippen LogP contribution in [0, 0.1) is 5.92 Å². The van der Waals surface area contributed by atoms with Crippen LogP contribution in [-0.4, -0.2) is 79.5 Å². The molecule has 1 aliphatic heterocycles. The second-order valence-corrected chi connectivity index (χ2v) is 9.08. The first-order valence-electron chi connectivity index (χ1n) is 10.1. The number of hydrogen-bond acceptors (Lipinski definition) is 6. The Morgan fingerprint density at radius 2 is 2.04 bits per heavy atom. The average Bonchev–Trinajstić information content (AvgIpc) is 2.64. The van der Waals surface area contributed by atoms with E-state index in [0.29, 0.717) is 18.9 Å². The summed E-state index contributed by atoms with van der Waals surface area (Å²) in [6, 6.07) is 6.12. The minimum atomic E-state index is -0.480. The molecule has 1 unspecified atom stereocenters. The highest BCUT2D eigenvalue weighted by atomic mass is 32.2. The Kier molecular flexibility index (Phi) is 8.12. The molecule has 1 atom stereocenters. The van der Waals surface area contributed by atoms with Gasteiger partial charge in [-0.25, -0.2) is 0 Å². The third-order valence-electron chi connectivity index (χ3n) is 5.48. The van der Waals surface area contributed by atoms with E-state index in [1.807, 2.05) is 17.8 Å². The molecule has 6 heteroatoms. The quantitative estimate of drug-likeness (QED) is 0.658. The Morgan fingerprint density at radius 1 is 1.26 bits per heavy atom. The Labute approximate surface area is 168 Å². The van der Waals surface area contributed by atoms with Crippen molar-refractivity contribution in [3.05, 3.63) is 23.8 Å². The Balaban J connectivity index is 1.47. The highest BCUT2D eigenvalue weighted by molar-refractivity contribution is 7.99. The van der Waals surface area contributed by atoms with Crippen LogP contribution in [0.1, 0.15) is 24.8 Å². The third kappa shape index (κ3) is 6.56. The molecule has 1 aliphatic carbocycles. The highest BCUT2D eigenvalue weighted by Crippen LogP contribution is 2.30. The van der Waals surface area contributed by atoms with E-state index in [9.17, 15) is 5.11 Å². The van der Waals surface area contributed by atoms with Gasteiger partial charge in [0.2, 0.25) is 0 Å². The van der Waals surface area contributed by atoms with Crippen molar-refractivity contribution in [2.45, 2.75) is 31.9 Å². The lowest BCUT2D eigenvalue weighted by Gasteiger charge is -2.30. The maximum Gasteiger partial charge on any atom is 0.161 e. The Hall–Kier alpha value is -0.950. The smallest absolute Gasteiger partial charge is 0.161 e. The van der Waals surface area contributed by atoms with Crippen LogP contribution >= 0.6 is 11.8 Å². The number of β-amino-alcohol motifs (C(OH)–C–C–N with tert-alkyl or cyclic N) is 1. The van der Waals surface area contributed by atoms with E-state index in [2.05, 4.69) is 29.0 Å². The lowest BCUT2D eigenvalue weighted by Crippen LogP contribution is -2.40. The van der Waals surface area contributed by atoms with Gasteiger partial charge in [-0.1, -0.05) is 12.5 Å². The zero-order valence-corrected chi connectivity index (χ0v) is 17.5. The minimum Gasteiger partial charge on any atom is -0.493 e. The molecule has 0 radical (unpaired) electrons. The number of rotatable bonds is 10. The molecule has 1 saturated carbocycles. The lowest BCUT2D eigenvalue weighted by atomic mass is 9.85. The molecule has 2 fully saturated rings. The number of ether oxygens (including phenoxy) is 2. The second kappa shape index (κ2) is 10.6. The van der Waals surface area contributed by atoms with Gasteiger partial charge < -0.3 is 19.5 Å². The summed E-state index contributed by atoms with van der Waals surface area (Å²) in [5.74, 6) is 4.62. The molecule has 1 aromatic carbocycles. The van der Waals surface area contributed by atoms with E-state index in [0.717, 1.165) is 42.8 Å². The minimum absolute atomic E-state index is 0.293. The summed E-state index contributed by atoms with van der Waals surface area (Å²) in [5.41, 5.74) is 1.23. The van der Waals surface area contributed by atoms with Gasteiger partial charge in [0, 0.05) is 44.2 Å². The fourth-order valence-corrected chi connectivity index (χ4v) is 4.72. The number of thioether (sulfide) groups is 1. The summed E-state index contributed by atoms with van der Waals surface area (Å²) in [7, 11) is 3.86. The summed E-state index contributed by atoms with van der Waals surface area (Å²) in [4.78, 5) is 4.70. The molecule has 5 nitrogen and oxygen atoms in total. The van der Waals surface area contributed by atoms with Gasteiger partial charge in [-0.15, -0.1) is 0 Å². The maximum absolute atomic E-state index is 10.3. The van der Waals surface area contributed by atoms with Gasteiger partial charge in [0.15, 0.2) is 11.5 Å². The van der Waals surface area contributed by atoms with Crippen LogP contribution in [-0.2, 0) is 6.54 Å². The molecule has 1 aromatic rings. The predicted octanol–water partition coefficient (Wildman–Crippen LogP) is 2.72. The van der Waals surface area contributed by atoms with Gasteiger partial charge in [-0.3, -0.25) is 4.90 Å². The van der Waals surface area contributed by atoms with E-state index in [1.54, 1.807) is 7.11 Å². The molecular weight excluding hydrogens is 360 g/mol. The molecule has 0 bridgehead atoms. The summed E-state index contributed by atoms with van der Waals surface area (Å²) in [5, 5.41) is 10.3. The Bertz CT molecular complexity index is 577. The molecule has 1 heterocycles. The topological polar surface area (TPSA) is 45.2 Å².